The summed E-state index contributed by atoms with van der Waals surface area (Å²) in [5.41, 5.74) is 1.78. The van der Waals surface area contributed by atoms with Gasteiger partial charge in [0.1, 0.15) is 5.84 Å². The number of hydrogen-bond donors (Lipinski definition) is 1. The van der Waals surface area contributed by atoms with E-state index in [2.05, 4.69) is 30.2 Å². The normalized spacial score (nSPS) is 13.2. The zero-order valence-electron chi connectivity index (χ0n) is 12.4. The fraction of sp³-hybridized carbons (Fsp3) is 0.235. The highest BCUT2D eigenvalue weighted by Crippen LogP contribution is 2.25. The molecule has 0 bridgehead atoms. The van der Waals surface area contributed by atoms with E-state index in [1.54, 1.807) is 6.08 Å². The molecule has 21 heavy (non-hydrogen) atoms. The summed E-state index contributed by atoms with van der Waals surface area (Å²) >= 11 is 6.32. The Kier molecular flexibility index (Phi) is 6.76. The first kappa shape index (κ1) is 17.1. The van der Waals surface area contributed by atoms with Gasteiger partial charge in [0.2, 0.25) is 0 Å². The third-order valence-electron chi connectivity index (χ3n) is 3.02. The van der Waals surface area contributed by atoms with E-state index in [4.69, 9.17) is 17.0 Å². The van der Waals surface area contributed by atoms with Gasteiger partial charge in [-0.25, -0.2) is 9.98 Å². The summed E-state index contributed by atoms with van der Waals surface area (Å²) < 4.78 is 0. The van der Waals surface area contributed by atoms with Gasteiger partial charge in [0.15, 0.2) is 5.84 Å². The molecule has 0 saturated heterocycles. The first-order chi connectivity index (χ1) is 10.0. The molecule has 0 aliphatic heterocycles. The second-order valence-electron chi connectivity index (χ2n) is 4.54. The predicted molar refractivity (Wildman–Crippen MR) is 93.3 cm³/mol. The Hall–Kier alpha value is -2.00. The first-order valence-corrected chi connectivity index (χ1v) is 7.13. The van der Waals surface area contributed by atoms with E-state index < -0.39 is 0 Å². The fourth-order valence-corrected chi connectivity index (χ4v) is 2.01. The minimum absolute atomic E-state index is 0.237. The zero-order valence-corrected chi connectivity index (χ0v) is 13.2. The highest BCUT2D eigenvalue weighted by Gasteiger charge is 2.10. The average Bonchev–Trinajstić information content (AvgIpc) is 2.50. The van der Waals surface area contributed by atoms with Gasteiger partial charge >= 0.3 is 0 Å². The summed E-state index contributed by atoms with van der Waals surface area (Å²) in [7, 11) is 0. The van der Waals surface area contributed by atoms with Crippen LogP contribution in [0.5, 0.6) is 0 Å². The zero-order chi connectivity index (χ0) is 15.8. The number of halogens is 1. The highest BCUT2D eigenvalue weighted by molar-refractivity contribution is 6.34. The molecule has 3 nitrogen and oxygen atoms in total. The van der Waals surface area contributed by atoms with Gasteiger partial charge in [0, 0.05) is 12.0 Å². The van der Waals surface area contributed by atoms with Crippen LogP contribution < -0.4 is 0 Å². The van der Waals surface area contributed by atoms with Crippen LogP contribution in [0.25, 0.3) is 0 Å². The van der Waals surface area contributed by atoms with Crippen LogP contribution in [0.3, 0.4) is 0 Å². The monoisotopic (exact) mass is 301 g/mol. The summed E-state index contributed by atoms with van der Waals surface area (Å²) in [4.78, 5) is 8.01. The third-order valence-corrected chi connectivity index (χ3v) is 3.33. The van der Waals surface area contributed by atoms with Crippen LogP contribution in [-0.4, -0.2) is 18.4 Å². The fourth-order valence-electron chi connectivity index (χ4n) is 1.74. The standard InChI is InChI=1S/C17H20ClN3/c1-5-7-8-12(3)13-9-10-14(15(18)11-13)17(20-4)21-16(19)6-2/h5,7-12,19H,1,4,6H2,2-3H3/b8-7-,19-16?,21-17?. The lowest BCUT2D eigenvalue weighted by Gasteiger charge is -2.10. The maximum absolute atomic E-state index is 7.64. The average molecular weight is 302 g/mol. The summed E-state index contributed by atoms with van der Waals surface area (Å²) in [5, 5.41) is 8.20. The molecule has 110 valence electrons. The Labute approximate surface area is 131 Å². The van der Waals surface area contributed by atoms with Gasteiger partial charge in [0.05, 0.1) is 5.02 Å². The minimum atomic E-state index is 0.237. The van der Waals surface area contributed by atoms with Crippen LogP contribution in [0.1, 0.15) is 37.3 Å². The van der Waals surface area contributed by atoms with Crippen LogP contribution in [0.4, 0.5) is 0 Å². The van der Waals surface area contributed by atoms with Crippen LogP contribution in [0.15, 0.2) is 53.0 Å². The Morgan fingerprint density at radius 3 is 2.71 bits per heavy atom. The molecule has 0 aliphatic carbocycles. The van der Waals surface area contributed by atoms with Gasteiger partial charge in [0.25, 0.3) is 0 Å². The topological polar surface area (TPSA) is 48.6 Å². The van der Waals surface area contributed by atoms with E-state index in [1.165, 1.54) is 0 Å². The molecular weight excluding hydrogens is 282 g/mol. The van der Waals surface area contributed by atoms with E-state index in [0.717, 1.165) is 5.56 Å². The maximum atomic E-state index is 7.64. The third kappa shape index (κ3) is 4.80. The lowest BCUT2D eigenvalue weighted by Crippen LogP contribution is -2.03. The first-order valence-electron chi connectivity index (χ1n) is 6.75. The lowest BCUT2D eigenvalue weighted by atomic mass is 9.99. The second kappa shape index (κ2) is 8.32. The van der Waals surface area contributed by atoms with E-state index in [1.807, 2.05) is 37.3 Å². The maximum Gasteiger partial charge on any atom is 0.162 e. The number of aliphatic imine (C=N–C) groups is 2. The van der Waals surface area contributed by atoms with Crippen LogP contribution in [0.2, 0.25) is 5.02 Å². The molecule has 4 heteroatoms. The molecule has 0 saturated carbocycles. The van der Waals surface area contributed by atoms with E-state index in [9.17, 15) is 0 Å². The summed E-state index contributed by atoms with van der Waals surface area (Å²) in [6, 6.07) is 5.74. The largest absolute Gasteiger partial charge is 0.287 e. The molecule has 0 aromatic heterocycles. The molecule has 0 aliphatic rings. The van der Waals surface area contributed by atoms with Gasteiger partial charge in [-0.3, -0.25) is 5.41 Å². The number of benzene rings is 1. The molecule has 0 spiro atoms. The van der Waals surface area contributed by atoms with Crippen LogP contribution in [-0.2, 0) is 0 Å². The minimum Gasteiger partial charge on any atom is -0.287 e. The van der Waals surface area contributed by atoms with Gasteiger partial charge < -0.3 is 0 Å². The van der Waals surface area contributed by atoms with Crippen molar-refractivity contribution in [3.05, 3.63) is 59.2 Å². The van der Waals surface area contributed by atoms with E-state index >= 15 is 0 Å². The van der Waals surface area contributed by atoms with Crippen molar-refractivity contribution < 1.29 is 0 Å². The van der Waals surface area contributed by atoms with Crippen molar-refractivity contribution in [2.75, 3.05) is 0 Å². The summed E-state index contributed by atoms with van der Waals surface area (Å²) in [5.74, 6) is 0.869. The van der Waals surface area contributed by atoms with Crippen molar-refractivity contribution >= 4 is 30.0 Å². The number of hydrogen-bond acceptors (Lipinski definition) is 1. The SMILES string of the molecule is C=C/C=C\C(C)c1ccc(C(N=C)=NC(=N)CC)c(Cl)c1. The Morgan fingerprint density at radius 2 is 2.19 bits per heavy atom. The van der Waals surface area contributed by atoms with E-state index in [0.29, 0.717) is 22.8 Å². The van der Waals surface area contributed by atoms with Crippen molar-refractivity contribution in [1.82, 2.24) is 0 Å². The molecule has 1 atom stereocenters. The van der Waals surface area contributed by atoms with Crippen molar-refractivity contribution in [3.8, 4) is 0 Å². The summed E-state index contributed by atoms with van der Waals surface area (Å²) in [6.45, 7) is 11.1. The van der Waals surface area contributed by atoms with Crippen LogP contribution >= 0.6 is 11.6 Å². The molecule has 1 rings (SSSR count). The van der Waals surface area contributed by atoms with Crippen LogP contribution in [0, 0.1) is 5.41 Å². The molecule has 0 amide bonds. The van der Waals surface area contributed by atoms with Crippen molar-refractivity contribution in [3.63, 3.8) is 0 Å². The quantitative estimate of drug-likeness (QED) is 0.451. The molecule has 0 fully saturated rings. The molecule has 1 N–H and O–H groups in total. The second-order valence-corrected chi connectivity index (χ2v) is 4.95. The van der Waals surface area contributed by atoms with Gasteiger partial charge in [-0.1, -0.05) is 56.3 Å². The van der Waals surface area contributed by atoms with Gasteiger partial charge in [-0.15, -0.1) is 0 Å². The Bertz CT molecular complexity index is 600. The smallest absolute Gasteiger partial charge is 0.162 e. The number of nitrogens with one attached hydrogen (secondary N) is 1. The molecule has 1 aromatic rings. The number of nitrogens with zero attached hydrogens (tertiary/aromatic N) is 2. The summed E-state index contributed by atoms with van der Waals surface area (Å²) in [6.07, 6.45) is 6.24. The van der Waals surface area contributed by atoms with Gasteiger partial charge in [-0.2, -0.15) is 0 Å². The molecule has 0 radical (unpaired) electrons. The molecule has 1 unspecified atom stereocenters. The van der Waals surface area contributed by atoms with Crippen molar-refractivity contribution in [2.24, 2.45) is 9.98 Å². The van der Waals surface area contributed by atoms with Crippen molar-refractivity contribution in [2.45, 2.75) is 26.2 Å². The Morgan fingerprint density at radius 1 is 1.48 bits per heavy atom. The number of amidine groups is 2. The Balaban J connectivity index is 3.15. The number of rotatable bonds is 5. The lowest BCUT2D eigenvalue weighted by molar-refractivity contribution is 0.967. The van der Waals surface area contributed by atoms with E-state index in [-0.39, 0.29) is 11.8 Å². The van der Waals surface area contributed by atoms with Crippen molar-refractivity contribution in [1.29, 1.82) is 5.41 Å². The number of allylic oxidation sites excluding steroid dienone is 3. The van der Waals surface area contributed by atoms with Gasteiger partial charge in [-0.05, 0) is 30.3 Å². The molecule has 1 aromatic carbocycles. The molecule has 0 heterocycles. The predicted octanol–water partition coefficient (Wildman–Crippen LogP) is 5.02. The highest BCUT2D eigenvalue weighted by atomic mass is 35.5. The molecular formula is C17H20ClN3.